The molecule has 2 aliphatic rings. The lowest BCUT2D eigenvalue weighted by Gasteiger charge is -2.37. The molecule has 2 aliphatic heterocycles. The number of hydrogen-bond donors (Lipinski definition) is 1. The van der Waals surface area contributed by atoms with Crippen LogP contribution in [0.5, 0.6) is 0 Å². The number of piperidine rings is 1. The number of nitrogens with one attached hydrogen (secondary N) is 1. The molecule has 8 heteroatoms. The summed E-state index contributed by atoms with van der Waals surface area (Å²) in [6.07, 6.45) is 1.37. The summed E-state index contributed by atoms with van der Waals surface area (Å²) in [5, 5.41) is 2.67. The second kappa shape index (κ2) is 8.77. The molecule has 0 unspecified atom stereocenters. The van der Waals surface area contributed by atoms with Crippen molar-refractivity contribution in [2.75, 3.05) is 52.9 Å². The summed E-state index contributed by atoms with van der Waals surface area (Å²) >= 11 is 0. The number of carbonyl (C=O) groups excluding carboxylic acids is 3. The Labute approximate surface area is 165 Å². The molecule has 3 heterocycles. The molecule has 1 N–H and O–H groups in total. The molecule has 1 aromatic rings. The molecule has 0 spiro atoms. The van der Waals surface area contributed by atoms with Crippen molar-refractivity contribution >= 4 is 17.7 Å². The maximum absolute atomic E-state index is 12.7. The van der Waals surface area contributed by atoms with Gasteiger partial charge in [-0.1, -0.05) is 0 Å². The number of nitrogens with zero attached hydrogens (tertiary/aromatic N) is 3. The molecule has 0 aliphatic carbocycles. The number of likely N-dealkylation sites (tertiary alicyclic amines) is 1. The van der Waals surface area contributed by atoms with E-state index in [0.717, 1.165) is 26.2 Å². The van der Waals surface area contributed by atoms with Crippen LogP contribution < -0.4 is 5.32 Å². The van der Waals surface area contributed by atoms with E-state index in [0.29, 0.717) is 43.0 Å². The first-order valence-electron chi connectivity index (χ1n) is 9.95. The monoisotopic (exact) mass is 390 g/mol. The molecule has 0 saturated carbocycles. The van der Waals surface area contributed by atoms with Crippen molar-refractivity contribution in [3.05, 3.63) is 23.2 Å². The van der Waals surface area contributed by atoms with Gasteiger partial charge in [0.15, 0.2) is 0 Å². The normalized spacial score (nSPS) is 19.0. The number of rotatable bonds is 4. The highest BCUT2D eigenvalue weighted by Gasteiger charge is 2.31. The van der Waals surface area contributed by atoms with Crippen molar-refractivity contribution in [1.29, 1.82) is 0 Å². The Kier molecular flexibility index (Phi) is 6.39. The lowest BCUT2D eigenvalue weighted by atomic mass is 9.95. The van der Waals surface area contributed by atoms with Crippen LogP contribution in [0.1, 0.15) is 34.7 Å². The van der Waals surface area contributed by atoms with Gasteiger partial charge in [-0.2, -0.15) is 0 Å². The first kappa shape index (κ1) is 20.4. The van der Waals surface area contributed by atoms with Crippen LogP contribution in [-0.4, -0.2) is 85.3 Å². The van der Waals surface area contributed by atoms with Crippen LogP contribution >= 0.6 is 0 Å². The van der Waals surface area contributed by atoms with Gasteiger partial charge in [-0.05, 0) is 39.8 Å². The van der Waals surface area contributed by atoms with E-state index in [9.17, 15) is 14.4 Å². The highest BCUT2D eigenvalue weighted by atomic mass is 16.3. The van der Waals surface area contributed by atoms with E-state index < -0.39 is 0 Å². The van der Waals surface area contributed by atoms with E-state index >= 15 is 0 Å². The first-order chi connectivity index (χ1) is 13.3. The van der Waals surface area contributed by atoms with E-state index in [-0.39, 0.29) is 30.2 Å². The summed E-state index contributed by atoms with van der Waals surface area (Å²) in [4.78, 5) is 43.2. The lowest BCUT2D eigenvalue weighted by Crippen LogP contribution is -2.51. The minimum atomic E-state index is -0.303. The van der Waals surface area contributed by atoms with Gasteiger partial charge in [0.1, 0.15) is 11.5 Å². The Balaban J connectivity index is 1.43. The topological polar surface area (TPSA) is 86.1 Å². The largest absolute Gasteiger partial charge is 0.466 e. The third-order valence-corrected chi connectivity index (χ3v) is 5.70. The fourth-order valence-corrected chi connectivity index (χ4v) is 3.88. The molecule has 0 bridgehead atoms. The minimum Gasteiger partial charge on any atom is -0.466 e. The van der Waals surface area contributed by atoms with Crippen molar-refractivity contribution in [2.24, 2.45) is 5.92 Å². The van der Waals surface area contributed by atoms with E-state index in [1.165, 1.54) is 0 Å². The molecule has 154 valence electrons. The SMILES string of the molecule is Cc1cc(C(=O)NCC(=O)N2CCC(C(=O)N3CCN(C)CC3)CC2)c(C)o1. The van der Waals surface area contributed by atoms with Gasteiger partial charge in [0, 0.05) is 45.2 Å². The minimum absolute atomic E-state index is 0.00129. The fraction of sp³-hybridized carbons (Fsp3) is 0.650. The molecule has 3 amide bonds. The summed E-state index contributed by atoms with van der Waals surface area (Å²) in [6.45, 7) is 7.98. The maximum atomic E-state index is 12.7. The quantitative estimate of drug-likeness (QED) is 0.815. The summed E-state index contributed by atoms with van der Waals surface area (Å²) in [5.74, 6) is 1.02. The Hall–Kier alpha value is -2.35. The Morgan fingerprint density at radius 1 is 1.04 bits per heavy atom. The zero-order valence-corrected chi connectivity index (χ0v) is 17.0. The Bertz CT molecular complexity index is 729. The lowest BCUT2D eigenvalue weighted by molar-refractivity contribution is -0.141. The van der Waals surface area contributed by atoms with Crippen molar-refractivity contribution in [3.63, 3.8) is 0 Å². The van der Waals surface area contributed by atoms with Gasteiger partial charge in [-0.3, -0.25) is 14.4 Å². The molecule has 0 atom stereocenters. The van der Waals surface area contributed by atoms with Gasteiger partial charge >= 0.3 is 0 Å². The van der Waals surface area contributed by atoms with Gasteiger partial charge < -0.3 is 24.4 Å². The predicted molar refractivity (Wildman–Crippen MR) is 104 cm³/mol. The number of aryl methyl sites for hydroxylation is 2. The molecule has 28 heavy (non-hydrogen) atoms. The molecule has 2 saturated heterocycles. The van der Waals surface area contributed by atoms with E-state index in [2.05, 4.69) is 17.3 Å². The van der Waals surface area contributed by atoms with Gasteiger partial charge in [0.25, 0.3) is 5.91 Å². The second-order valence-corrected chi connectivity index (χ2v) is 7.79. The first-order valence-corrected chi connectivity index (χ1v) is 9.95. The average Bonchev–Trinajstić information content (AvgIpc) is 3.04. The number of piperazine rings is 1. The van der Waals surface area contributed by atoms with Crippen LogP contribution in [0.4, 0.5) is 0 Å². The molecule has 0 aromatic carbocycles. The van der Waals surface area contributed by atoms with Crippen molar-refractivity contribution in [1.82, 2.24) is 20.0 Å². The molecule has 3 rings (SSSR count). The van der Waals surface area contributed by atoms with Gasteiger partial charge in [-0.15, -0.1) is 0 Å². The highest BCUT2D eigenvalue weighted by Crippen LogP contribution is 2.20. The third kappa shape index (κ3) is 4.73. The van der Waals surface area contributed by atoms with Crippen molar-refractivity contribution in [3.8, 4) is 0 Å². The van der Waals surface area contributed by atoms with E-state index in [1.54, 1.807) is 24.8 Å². The number of furan rings is 1. The molecule has 2 fully saturated rings. The Morgan fingerprint density at radius 3 is 2.25 bits per heavy atom. The number of hydrogen-bond acceptors (Lipinski definition) is 5. The van der Waals surface area contributed by atoms with Gasteiger partial charge in [-0.25, -0.2) is 0 Å². The second-order valence-electron chi connectivity index (χ2n) is 7.79. The molecule has 8 nitrogen and oxygen atoms in total. The zero-order chi connectivity index (χ0) is 20.3. The molecule has 1 aromatic heterocycles. The summed E-state index contributed by atoms with van der Waals surface area (Å²) < 4.78 is 5.35. The van der Waals surface area contributed by atoms with Crippen LogP contribution in [-0.2, 0) is 9.59 Å². The van der Waals surface area contributed by atoms with Gasteiger partial charge in [0.2, 0.25) is 11.8 Å². The highest BCUT2D eigenvalue weighted by molar-refractivity contribution is 5.97. The van der Waals surface area contributed by atoms with Crippen LogP contribution in [0, 0.1) is 19.8 Å². The molecule has 0 radical (unpaired) electrons. The summed E-state index contributed by atoms with van der Waals surface area (Å²) in [7, 11) is 2.07. The smallest absolute Gasteiger partial charge is 0.255 e. The van der Waals surface area contributed by atoms with E-state index in [1.807, 2.05) is 4.90 Å². The fourth-order valence-electron chi connectivity index (χ4n) is 3.88. The summed E-state index contributed by atoms with van der Waals surface area (Å²) in [6, 6.07) is 1.67. The van der Waals surface area contributed by atoms with Crippen LogP contribution in [0.25, 0.3) is 0 Å². The predicted octanol–water partition coefficient (Wildman–Crippen LogP) is 0.639. The molecular weight excluding hydrogens is 360 g/mol. The van der Waals surface area contributed by atoms with Crippen LogP contribution in [0.2, 0.25) is 0 Å². The number of carbonyl (C=O) groups is 3. The van der Waals surface area contributed by atoms with Crippen molar-refractivity contribution < 1.29 is 18.8 Å². The Morgan fingerprint density at radius 2 is 1.68 bits per heavy atom. The van der Waals surface area contributed by atoms with Crippen LogP contribution in [0.3, 0.4) is 0 Å². The standard InChI is InChI=1S/C20H30N4O4/c1-14-12-17(15(2)28-14)19(26)21-13-18(25)23-6-4-16(5-7-23)20(27)24-10-8-22(3)9-11-24/h12,16H,4-11,13H2,1-3H3,(H,21,26). The van der Waals surface area contributed by atoms with Crippen LogP contribution in [0.15, 0.2) is 10.5 Å². The zero-order valence-electron chi connectivity index (χ0n) is 17.0. The maximum Gasteiger partial charge on any atom is 0.255 e. The average molecular weight is 390 g/mol. The molecular formula is C20H30N4O4. The third-order valence-electron chi connectivity index (χ3n) is 5.70. The number of likely N-dealkylation sites (N-methyl/N-ethyl adjacent to an activating group) is 1. The number of amides is 3. The van der Waals surface area contributed by atoms with Gasteiger partial charge in [0.05, 0.1) is 12.1 Å². The van der Waals surface area contributed by atoms with Crippen molar-refractivity contribution in [2.45, 2.75) is 26.7 Å². The summed E-state index contributed by atoms with van der Waals surface area (Å²) in [5.41, 5.74) is 0.460. The van der Waals surface area contributed by atoms with E-state index in [4.69, 9.17) is 4.42 Å².